The molecule has 1 aromatic rings. The lowest BCUT2D eigenvalue weighted by Crippen LogP contribution is -2.43. The number of amides is 2. The minimum atomic E-state index is -0.192. The third-order valence-electron chi connectivity index (χ3n) is 5.57. The third kappa shape index (κ3) is 5.36. The average Bonchev–Trinajstić information content (AvgIpc) is 2.63. The van der Waals surface area contributed by atoms with Crippen LogP contribution in [0, 0.1) is 5.92 Å². The zero-order valence-corrected chi connectivity index (χ0v) is 15.2. The molecule has 0 spiro atoms. The topological polar surface area (TPSA) is 64.6 Å². The summed E-state index contributed by atoms with van der Waals surface area (Å²) in [5.41, 5.74) is 2.39. The molecule has 1 aliphatic carbocycles. The molecule has 1 saturated carbocycles. The Bertz CT molecular complexity index is 545. The highest BCUT2D eigenvalue weighted by molar-refractivity contribution is 5.74. The van der Waals surface area contributed by atoms with E-state index < -0.39 is 0 Å². The van der Waals surface area contributed by atoms with E-state index in [1.807, 2.05) is 0 Å². The van der Waals surface area contributed by atoms with Gasteiger partial charge < -0.3 is 20.6 Å². The zero-order chi connectivity index (χ0) is 17.6. The van der Waals surface area contributed by atoms with E-state index in [1.54, 1.807) is 0 Å². The van der Waals surface area contributed by atoms with E-state index in [0.717, 1.165) is 50.3 Å². The lowest BCUT2D eigenvalue weighted by Gasteiger charge is -2.32. The van der Waals surface area contributed by atoms with Crippen LogP contribution in [0.3, 0.4) is 0 Å². The van der Waals surface area contributed by atoms with E-state index in [4.69, 9.17) is 0 Å². The van der Waals surface area contributed by atoms with Crippen molar-refractivity contribution in [3.8, 4) is 0 Å². The molecule has 0 aromatic heterocycles. The fourth-order valence-electron chi connectivity index (χ4n) is 3.73. The van der Waals surface area contributed by atoms with Crippen LogP contribution in [0.25, 0.3) is 0 Å². The first-order chi connectivity index (χ1) is 12.1. The maximum Gasteiger partial charge on any atom is 0.315 e. The molecule has 5 heteroatoms. The van der Waals surface area contributed by atoms with Gasteiger partial charge in [-0.2, -0.15) is 0 Å². The van der Waals surface area contributed by atoms with Gasteiger partial charge >= 0.3 is 6.03 Å². The predicted molar refractivity (Wildman–Crippen MR) is 101 cm³/mol. The SMILES string of the molecule is CC1CCN(c2ccc(CNC(=O)NC3CCC(O)CC3)cc2)CC1. The van der Waals surface area contributed by atoms with Gasteiger partial charge in [-0.15, -0.1) is 0 Å². The quantitative estimate of drug-likeness (QED) is 0.786. The molecule has 3 rings (SSSR count). The smallest absolute Gasteiger partial charge is 0.315 e. The molecule has 0 radical (unpaired) electrons. The van der Waals surface area contributed by atoms with Gasteiger partial charge in [0.05, 0.1) is 6.10 Å². The normalized spacial score (nSPS) is 24.8. The molecule has 2 aliphatic rings. The van der Waals surface area contributed by atoms with Gasteiger partial charge in [0.15, 0.2) is 0 Å². The van der Waals surface area contributed by atoms with Crippen molar-refractivity contribution in [2.24, 2.45) is 5.92 Å². The summed E-state index contributed by atoms with van der Waals surface area (Å²) >= 11 is 0. The Balaban J connectivity index is 1.41. The average molecular weight is 345 g/mol. The van der Waals surface area contributed by atoms with Gasteiger partial charge in [0.1, 0.15) is 0 Å². The lowest BCUT2D eigenvalue weighted by atomic mass is 9.93. The summed E-state index contributed by atoms with van der Waals surface area (Å²) in [5, 5.41) is 15.5. The van der Waals surface area contributed by atoms with Gasteiger partial charge in [-0.05, 0) is 62.1 Å². The largest absolute Gasteiger partial charge is 0.393 e. The van der Waals surface area contributed by atoms with Crippen molar-refractivity contribution in [3.05, 3.63) is 29.8 Å². The number of piperidine rings is 1. The second kappa shape index (κ2) is 8.56. The molecule has 1 heterocycles. The number of carbonyl (C=O) groups is 1. The van der Waals surface area contributed by atoms with E-state index in [-0.39, 0.29) is 18.2 Å². The first kappa shape index (κ1) is 18.1. The van der Waals surface area contributed by atoms with Crippen LogP contribution < -0.4 is 15.5 Å². The second-order valence-electron chi connectivity index (χ2n) is 7.67. The Morgan fingerprint density at radius 2 is 1.72 bits per heavy atom. The predicted octanol–water partition coefficient (Wildman–Crippen LogP) is 3.03. The maximum atomic E-state index is 12.0. The van der Waals surface area contributed by atoms with E-state index in [9.17, 15) is 9.90 Å². The summed E-state index contributed by atoms with van der Waals surface area (Å²) in [6.07, 6.45) is 5.62. The van der Waals surface area contributed by atoms with Crippen LogP contribution in [0.15, 0.2) is 24.3 Å². The van der Waals surface area contributed by atoms with Crippen LogP contribution in [-0.4, -0.2) is 36.4 Å². The molecule has 1 saturated heterocycles. The molecule has 1 aliphatic heterocycles. The summed E-state index contributed by atoms with van der Waals surface area (Å²) in [4.78, 5) is 14.5. The molecule has 0 atom stereocenters. The van der Waals surface area contributed by atoms with Crippen molar-refractivity contribution in [1.29, 1.82) is 0 Å². The summed E-state index contributed by atoms with van der Waals surface area (Å²) in [7, 11) is 0. The summed E-state index contributed by atoms with van der Waals surface area (Å²) in [6, 6.07) is 8.60. The minimum Gasteiger partial charge on any atom is -0.393 e. The number of benzene rings is 1. The van der Waals surface area contributed by atoms with Gasteiger partial charge in [0.25, 0.3) is 0 Å². The molecular weight excluding hydrogens is 314 g/mol. The molecule has 25 heavy (non-hydrogen) atoms. The van der Waals surface area contributed by atoms with Crippen molar-refractivity contribution in [2.45, 2.75) is 64.1 Å². The van der Waals surface area contributed by atoms with Gasteiger partial charge in [-0.1, -0.05) is 19.1 Å². The summed E-state index contributed by atoms with van der Waals surface area (Å²) in [5.74, 6) is 0.839. The number of rotatable bonds is 4. The van der Waals surface area contributed by atoms with Gasteiger partial charge in [-0.25, -0.2) is 4.79 Å². The van der Waals surface area contributed by atoms with Crippen LogP contribution in [0.5, 0.6) is 0 Å². The van der Waals surface area contributed by atoms with Crippen LogP contribution >= 0.6 is 0 Å². The minimum absolute atomic E-state index is 0.115. The number of aliphatic hydroxyl groups excluding tert-OH is 1. The van der Waals surface area contributed by atoms with Crippen molar-refractivity contribution in [2.75, 3.05) is 18.0 Å². The van der Waals surface area contributed by atoms with Crippen LogP contribution in [-0.2, 0) is 6.54 Å². The van der Waals surface area contributed by atoms with Gasteiger partial charge in [0.2, 0.25) is 0 Å². The molecule has 5 nitrogen and oxygen atoms in total. The first-order valence-corrected chi connectivity index (χ1v) is 9.66. The highest BCUT2D eigenvalue weighted by atomic mass is 16.3. The van der Waals surface area contributed by atoms with Crippen molar-refractivity contribution < 1.29 is 9.90 Å². The van der Waals surface area contributed by atoms with Crippen molar-refractivity contribution in [1.82, 2.24) is 10.6 Å². The number of nitrogens with one attached hydrogen (secondary N) is 2. The number of aliphatic hydroxyl groups is 1. The van der Waals surface area contributed by atoms with Crippen LogP contribution in [0.2, 0.25) is 0 Å². The maximum absolute atomic E-state index is 12.0. The number of urea groups is 1. The van der Waals surface area contributed by atoms with E-state index in [1.165, 1.54) is 18.5 Å². The summed E-state index contributed by atoms with van der Waals surface area (Å²) < 4.78 is 0. The molecule has 0 unspecified atom stereocenters. The van der Waals surface area contributed by atoms with Gasteiger partial charge in [0, 0.05) is 31.4 Å². The Morgan fingerprint density at radius 3 is 2.36 bits per heavy atom. The molecule has 138 valence electrons. The van der Waals surface area contributed by atoms with Gasteiger partial charge in [-0.3, -0.25) is 0 Å². The zero-order valence-electron chi connectivity index (χ0n) is 15.2. The molecule has 2 amide bonds. The monoisotopic (exact) mass is 345 g/mol. The Morgan fingerprint density at radius 1 is 1.08 bits per heavy atom. The first-order valence-electron chi connectivity index (χ1n) is 9.66. The molecule has 2 fully saturated rings. The lowest BCUT2D eigenvalue weighted by molar-refractivity contribution is 0.117. The molecule has 0 bridgehead atoms. The molecule has 3 N–H and O–H groups in total. The van der Waals surface area contributed by atoms with E-state index in [0.29, 0.717) is 6.54 Å². The number of anilines is 1. The second-order valence-corrected chi connectivity index (χ2v) is 7.67. The number of nitrogens with zero attached hydrogens (tertiary/aromatic N) is 1. The van der Waals surface area contributed by atoms with E-state index in [2.05, 4.69) is 46.7 Å². The molecule has 1 aromatic carbocycles. The number of hydrogen-bond acceptors (Lipinski definition) is 3. The summed E-state index contributed by atoms with van der Waals surface area (Å²) in [6.45, 7) is 5.14. The third-order valence-corrected chi connectivity index (χ3v) is 5.57. The van der Waals surface area contributed by atoms with Crippen molar-refractivity contribution in [3.63, 3.8) is 0 Å². The highest BCUT2D eigenvalue weighted by Crippen LogP contribution is 2.23. The fourth-order valence-corrected chi connectivity index (χ4v) is 3.73. The fraction of sp³-hybridized carbons (Fsp3) is 0.650. The van der Waals surface area contributed by atoms with E-state index >= 15 is 0 Å². The Labute approximate surface area is 150 Å². The van der Waals surface area contributed by atoms with Crippen LogP contribution in [0.1, 0.15) is 51.0 Å². The highest BCUT2D eigenvalue weighted by Gasteiger charge is 2.20. The molecular formula is C20H31N3O2. The Hall–Kier alpha value is -1.75. The van der Waals surface area contributed by atoms with Crippen LogP contribution in [0.4, 0.5) is 10.5 Å². The Kier molecular flexibility index (Phi) is 6.19. The van der Waals surface area contributed by atoms with Crippen molar-refractivity contribution >= 4 is 11.7 Å². The number of hydrogen-bond donors (Lipinski definition) is 3. The standard InChI is InChI=1S/C20H31N3O2/c1-15-10-12-23(13-11-15)18-6-2-16(3-7-18)14-21-20(25)22-17-4-8-19(24)9-5-17/h2-3,6-7,15,17,19,24H,4-5,8-14H2,1H3,(H2,21,22,25). The number of carbonyl (C=O) groups excluding carboxylic acids is 1.